The van der Waals surface area contributed by atoms with Crippen molar-refractivity contribution in [3.8, 4) is 11.6 Å². The lowest BCUT2D eigenvalue weighted by atomic mass is 10.1. The van der Waals surface area contributed by atoms with Gasteiger partial charge in [-0.1, -0.05) is 6.92 Å². The summed E-state index contributed by atoms with van der Waals surface area (Å²) in [5.74, 6) is 1.20. The van der Waals surface area contributed by atoms with Gasteiger partial charge in [0.25, 0.3) is 0 Å². The molecular weight excluding hydrogens is 256 g/mol. The lowest BCUT2D eigenvalue weighted by molar-refractivity contribution is 0.388. The molecule has 0 aliphatic carbocycles. The molecule has 6 heteroatoms. The summed E-state index contributed by atoms with van der Waals surface area (Å²) < 4.78 is 10.4. The first-order valence-electron chi connectivity index (χ1n) is 6.40. The van der Waals surface area contributed by atoms with E-state index in [1.807, 2.05) is 25.1 Å². The number of nitrogens with one attached hydrogen (secondary N) is 1. The third-order valence-electron chi connectivity index (χ3n) is 2.87. The number of nitrogens with zero attached hydrogens (tertiary/aromatic N) is 3. The van der Waals surface area contributed by atoms with Crippen molar-refractivity contribution >= 4 is 0 Å². The number of rotatable bonds is 6. The molecule has 0 saturated carbocycles. The highest BCUT2D eigenvalue weighted by atomic mass is 16.5. The lowest BCUT2D eigenvalue weighted by Gasteiger charge is -2.18. The second kappa shape index (κ2) is 6.81. The second-order valence-electron chi connectivity index (χ2n) is 4.08. The van der Waals surface area contributed by atoms with Crippen LogP contribution in [0.1, 0.15) is 24.4 Å². The van der Waals surface area contributed by atoms with E-state index < -0.39 is 0 Å². The van der Waals surface area contributed by atoms with Gasteiger partial charge in [0, 0.05) is 12.3 Å². The fourth-order valence-corrected chi connectivity index (χ4v) is 1.93. The summed E-state index contributed by atoms with van der Waals surface area (Å²) in [6, 6.07) is 7.19. The van der Waals surface area contributed by atoms with Crippen LogP contribution < -0.4 is 14.8 Å². The summed E-state index contributed by atoms with van der Waals surface area (Å²) in [4.78, 5) is 4.40. The maximum Gasteiger partial charge on any atom is 0.233 e. The highest BCUT2D eigenvalue weighted by Gasteiger charge is 2.20. The van der Waals surface area contributed by atoms with E-state index in [0.29, 0.717) is 5.88 Å². The molecule has 6 nitrogen and oxygen atoms in total. The second-order valence-corrected chi connectivity index (χ2v) is 4.08. The SMILES string of the molecule is CCNC(c1ccc(OC)nn1)c1ncccc1OC. The van der Waals surface area contributed by atoms with Gasteiger partial charge in [-0.2, -0.15) is 0 Å². The predicted octanol–water partition coefficient (Wildman–Crippen LogP) is 1.59. The Morgan fingerprint density at radius 1 is 1.15 bits per heavy atom. The van der Waals surface area contributed by atoms with Gasteiger partial charge in [0.15, 0.2) is 0 Å². The summed E-state index contributed by atoms with van der Waals surface area (Å²) in [5.41, 5.74) is 1.56. The molecule has 0 aliphatic rings. The maximum atomic E-state index is 5.36. The minimum atomic E-state index is -0.172. The van der Waals surface area contributed by atoms with Crippen molar-refractivity contribution in [3.05, 3.63) is 41.9 Å². The third kappa shape index (κ3) is 3.03. The molecule has 1 N–H and O–H groups in total. The van der Waals surface area contributed by atoms with E-state index in [1.165, 1.54) is 0 Å². The van der Waals surface area contributed by atoms with Crippen molar-refractivity contribution in [2.45, 2.75) is 13.0 Å². The Labute approximate surface area is 118 Å². The highest BCUT2D eigenvalue weighted by Crippen LogP contribution is 2.26. The van der Waals surface area contributed by atoms with Gasteiger partial charge in [-0.05, 0) is 24.7 Å². The molecule has 0 bridgehead atoms. The van der Waals surface area contributed by atoms with Crippen molar-refractivity contribution in [2.24, 2.45) is 0 Å². The smallest absolute Gasteiger partial charge is 0.233 e. The number of aromatic nitrogens is 3. The Hall–Kier alpha value is -2.21. The van der Waals surface area contributed by atoms with Crippen molar-refractivity contribution in [2.75, 3.05) is 20.8 Å². The van der Waals surface area contributed by atoms with Crippen LogP contribution in [-0.2, 0) is 0 Å². The third-order valence-corrected chi connectivity index (χ3v) is 2.87. The van der Waals surface area contributed by atoms with Gasteiger partial charge in [0.2, 0.25) is 5.88 Å². The molecule has 0 aromatic carbocycles. The lowest BCUT2D eigenvalue weighted by Crippen LogP contribution is -2.24. The van der Waals surface area contributed by atoms with E-state index >= 15 is 0 Å². The van der Waals surface area contributed by atoms with Crippen molar-refractivity contribution < 1.29 is 9.47 Å². The largest absolute Gasteiger partial charge is 0.495 e. The summed E-state index contributed by atoms with van der Waals surface area (Å²) >= 11 is 0. The van der Waals surface area contributed by atoms with Crippen LogP contribution in [0.15, 0.2) is 30.5 Å². The van der Waals surface area contributed by atoms with Crippen LogP contribution in [0.25, 0.3) is 0 Å². The Morgan fingerprint density at radius 3 is 2.60 bits per heavy atom. The number of ether oxygens (including phenoxy) is 2. The molecule has 0 fully saturated rings. The molecule has 1 unspecified atom stereocenters. The van der Waals surface area contributed by atoms with Gasteiger partial charge in [-0.15, -0.1) is 10.2 Å². The fourth-order valence-electron chi connectivity index (χ4n) is 1.93. The molecule has 1 atom stereocenters. The molecule has 0 amide bonds. The van der Waals surface area contributed by atoms with Crippen LogP contribution >= 0.6 is 0 Å². The van der Waals surface area contributed by atoms with E-state index in [-0.39, 0.29) is 6.04 Å². The molecule has 0 aliphatic heterocycles. The van der Waals surface area contributed by atoms with E-state index in [9.17, 15) is 0 Å². The predicted molar refractivity (Wildman–Crippen MR) is 74.9 cm³/mol. The minimum absolute atomic E-state index is 0.172. The topological polar surface area (TPSA) is 69.2 Å². The zero-order chi connectivity index (χ0) is 14.4. The maximum absolute atomic E-state index is 5.36. The first-order chi connectivity index (χ1) is 9.80. The summed E-state index contributed by atoms with van der Waals surface area (Å²) in [6.07, 6.45) is 1.74. The summed E-state index contributed by atoms with van der Waals surface area (Å²) in [6.45, 7) is 2.80. The molecule has 2 heterocycles. The van der Waals surface area contributed by atoms with Crippen LogP contribution in [0.3, 0.4) is 0 Å². The average molecular weight is 274 g/mol. The fraction of sp³-hybridized carbons (Fsp3) is 0.357. The molecular formula is C14H18N4O2. The molecule has 0 radical (unpaired) electrons. The van der Waals surface area contributed by atoms with Crippen LogP contribution in [0.5, 0.6) is 11.6 Å². The zero-order valence-electron chi connectivity index (χ0n) is 11.8. The highest BCUT2D eigenvalue weighted by molar-refractivity contribution is 5.34. The normalized spacial score (nSPS) is 11.9. The van der Waals surface area contributed by atoms with E-state index in [0.717, 1.165) is 23.7 Å². The van der Waals surface area contributed by atoms with E-state index in [4.69, 9.17) is 9.47 Å². The Kier molecular flexibility index (Phi) is 4.84. The monoisotopic (exact) mass is 274 g/mol. The molecule has 20 heavy (non-hydrogen) atoms. The van der Waals surface area contributed by atoms with Gasteiger partial charge in [0.05, 0.1) is 26.0 Å². The number of hydrogen-bond acceptors (Lipinski definition) is 6. The van der Waals surface area contributed by atoms with E-state index in [2.05, 4.69) is 20.5 Å². The molecule has 0 saturated heterocycles. The zero-order valence-corrected chi connectivity index (χ0v) is 11.8. The van der Waals surface area contributed by atoms with Crippen molar-refractivity contribution in [3.63, 3.8) is 0 Å². The molecule has 2 aromatic rings. The van der Waals surface area contributed by atoms with Crippen LogP contribution in [0, 0.1) is 0 Å². The quantitative estimate of drug-likeness (QED) is 0.862. The van der Waals surface area contributed by atoms with Gasteiger partial charge in [0.1, 0.15) is 11.4 Å². The van der Waals surface area contributed by atoms with Crippen LogP contribution in [0.2, 0.25) is 0 Å². The van der Waals surface area contributed by atoms with Gasteiger partial charge >= 0.3 is 0 Å². The number of pyridine rings is 1. The summed E-state index contributed by atoms with van der Waals surface area (Å²) in [5, 5.41) is 11.5. The summed E-state index contributed by atoms with van der Waals surface area (Å²) in [7, 11) is 3.19. The Bertz CT molecular complexity index is 545. The van der Waals surface area contributed by atoms with Gasteiger partial charge < -0.3 is 14.8 Å². The number of methoxy groups -OCH3 is 2. The number of hydrogen-bond donors (Lipinski definition) is 1. The minimum Gasteiger partial charge on any atom is -0.495 e. The first-order valence-corrected chi connectivity index (χ1v) is 6.40. The average Bonchev–Trinajstić information content (AvgIpc) is 2.53. The van der Waals surface area contributed by atoms with Gasteiger partial charge in [-0.25, -0.2) is 0 Å². The van der Waals surface area contributed by atoms with E-state index in [1.54, 1.807) is 26.5 Å². The first kappa shape index (κ1) is 14.2. The van der Waals surface area contributed by atoms with Crippen molar-refractivity contribution in [1.82, 2.24) is 20.5 Å². The van der Waals surface area contributed by atoms with Crippen LogP contribution in [-0.4, -0.2) is 35.9 Å². The van der Waals surface area contributed by atoms with Crippen molar-refractivity contribution in [1.29, 1.82) is 0 Å². The molecule has 2 aromatic heterocycles. The van der Waals surface area contributed by atoms with Gasteiger partial charge in [-0.3, -0.25) is 4.98 Å². The molecule has 2 rings (SSSR count). The Balaban J connectivity index is 2.39. The Morgan fingerprint density at radius 2 is 2.00 bits per heavy atom. The molecule has 106 valence electrons. The van der Waals surface area contributed by atoms with Crippen LogP contribution in [0.4, 0.5) is 0 Å². The standard InChI is InChI=1S/C14H18N4O2/c1-4-15-13(10-7-8-12(20-3)18-17-10)14-11(19-2)6-5-9-16-14/h5-9,13,15H,4H2,1-3H3. The molecule has 0 spiro atoms.